The third kappa shape index (κ3) is 20.3. The average molecular weight is 1210 g/mol. The number of piperazine rings is 1. The van der Waals surface area contributed by atoms with Gasteiger partial charge in [-0.25, -0.2) is 15.0 Å². The smallest absolute Gasteiger partial charge is 0.255 e. The second-order valence-corrected chi connectivity index (χ2v) is 24.2. The lowest BCUT2D eigenvalue weighted by Gasteiger charge is -2.35. The van der Waals surface area contributed by atoms with E-state index in [1.54, 1.807) is 29.9 Å². The minimum Gasteiger partial charge on any atom is -0.391 e. The highest BCUT2D eigenvalue weighted by molar-refractivity contribution is 7.13. The number of hydrogen-bond donors (Lipinski definition) is 5. The molecule has 464 valence electrons. The van der Waals surface area contributed by atoms with Crippen LogP contribution in [0.25, 0.3) is 21.7 Å². The first-order valence-electron chi connectivity index (χ1n) is 30.4. The summed E-state index contributed by atoms with van der Waals surface area (Å²) in [6.45, 7) is 16.6. The van der Waals surface area contributed by atoms with Gasteiger partial charge in [-0.2, -0.15) is 0 Å². The maximum Gasteiger partial charge on any atom is 0.255 e. The van der Waals surface area contributed by atoms with Crippen LogP contribution in [0.2, 0.25) is 0 Å². The average Bonchev–Trinajstić information content (AvgIpc) is 3.36. The molecule has 2 aliphatic rings. The molecule has 87 heavy (non-hydrogen) atoms. The fourth-order valence-corrected chi connectivity index (χ4v) is 11.3. The number of unbranched alkanes of at least 4 members (excludes halogenated alkanes) is 4. The second kappa shape index (κ2) is 33.0. The number of hydrogen-bond acceptors (Lipinski definition) is 16. The Hall–Kier alpha value is -7.53. The van der Waals surface area contributed by atoms with Crippen molar-refractivity contribution in [1.82, 2.24) is 45.3 Å². The number of nitrogens with one attached hydrogen (secondary N) is 4. The predicted molar refractivity (Wildman–Crippen MR) is 337 cm³/mol. The highest BCUT2D eigenvalue weighted by Gasteiger charge is 2.44. The van der Waals surface area contributed by atoms with Crippen molar-refractivity contribution in [3.05, 3.63) is 137 Å². The van der Waals surface area contributed by atoms with Crippen LogP contribution >= 0.6 is 11.3 Å². The first kappa shape index (κ1) is 65.4. The van der Waals surface area contributed by atoms with Gasteiger partial charge in [0.05, 0.1) is 54.3 Å². The van der Waals surface area contributed by atoms with Crippen LogP contribution in [-0.2, 0) is 46.5 Å². The summed E-state index contributed by atoms with van der Waals surface area (Å²) in [6.07, 6.45) is 10.0. The number of thiazole rings is 1. The zero-order valence-electron chi connectivity index (χ0n) is 50.9. The van der Waals surface area contributed by atoms with Gasteiger partial charge in [-0.05, 0) is 110 Å². The van der Waals surface area contributed by atoms with E-state index in [4.69, 9.17) is 14.2 Å². The van der Waals surface area contributed by atoms with Gasteiger partial charge in [0.25, 0.3) is 5.91 Å². The third-order valence-electron chi connectivity index (χ3n) is 15.5. The molecule has 20 nitrogen and oxygen atoms in total. The SMILES string of the molecule is Cc1ccc(NC(=O)c2ccc(CN3CCN(C(=O)CCCCCOCCOCCOCCCCCC(=O)NC(C(=O)N4C[C@H](O)C[C@H]4C(=O)NCc4ccc(-c5scnc5C)cc4)C(C)(C)C)CC3)cc2)cc1Nc1nccc(-c2cccnc2)n1. The molecule has 3 aromatic carbocycles. The van der Waals surface area contributed by atoms with Crippen LogP contribution in [0.3, 0.4) is 0 Å². The van der Waals surface area contributed by atoms with E-state index in [2.05, 4.69) is 46.1 Å². The van der Waals surface area contributed by atoms with E-state index < -0.39 is 23.6 Å². The van der Waals surface area contributed by atoms with Gasteiger partial charge in [-0.15, -0.1) is 11.3 Å². The topological polar surface area (TPSA) is 243 Å². The van der Waals surface area contributed by atoms with Crippen LogP contribution in [0.5, 0.6) is 0 Å². The highest BCUT2D eigenvalue weighted by Crippen LogP contribution is 2.30. The molecule has 21 heteroatoms. The predicted octanol–water partition coefficient (Wildman–Crippen LogP) is 8.90. The summed E-state index contributed by atoms with van der Waals surface area (Å²) >= 11 is 1.58. The van der Waals surface area contributed by atoms with Crippen molar-refractivity contribution < 1.29 is 43.3 Å². The molecule has 5 heterocycles. The van der Waals surface area contributed by atoms with E-state index in [1.807, 2.05) is 130 Å². The summed E-state index contributed by atoms with van der Waals surface area (Å²) < 4.78 is 17.2. The zero-order valence-corrected chi connectivity index (χ0v) is 51.7. The maximum atomic E-state index is 14.0. The number of aliphatic hydroxyl groups excluding tert-OH is 1. The summed E-state index contributed by atoms with van der Waals surface area (Å²) in [5, 5.41) is 22.8. The molecule has 3 aromatic heterocycles. The zero-order chi connectivity index (χ0) is 61.5. The number of carbonyl (C=O) groups excluding carboxylic acids is 5. The van der Waals surface area contributed by atoms with Crippen molar-refractivity contribution in [2.24, 2.45) is 5.41 Å². The Morgan fingerprint density at radius 2 is 1.44 bits per heavy atom. The van der Waals surface area contributed by atoms with Crippen LogP contribution in [0.4, 0.5) is 17.3 Å². The minimum atomic E-state index is -0.876. The molecule has 2 saturated heterocycles. The monoisotopic (exact) mass is 1210 g/mol. The molecule has 0 radical (unpaired) electrons. The lowest BCUT2D eigenvalue weighted by atomic mass is 9.85. The summed E-state index contributed by atoms with van der Waals surface area (Å²) in [5.41, 5.74) is 9.82. The first-order valence-corrected chi connectivity index (χ1v) is 31.3. The molecule has 2 aliphatic heterocycles. The number of aliphatic hydroxyl groups is 1. The van der Waals surface area contributed by atoms with E-state index in [0.717, 1.165) is 102 Å². The molecular weight excluding hydrogens is 1120 g/mol. The van der Waals surface area contributed by atoms with Gasteiger partial charge < -0.3 is 50.4 Å². The number of pyridine rings is 1. The number of amides is 5. The fraction of sp³-hybridized carbons (Fsp3) is 0.470. The lowest BCUT2D eigenvalue weighted by molar-refractivity contribution is -0.144. The van der Waals surface area contributed by atoms with Crippen molar-refractivity contribution >= 4 is 58.2 Å². The number of aryl methyl sites for hydroxylation is 2. The molecule has 5 amide bonds. The molecule has 0 bridgehead atoms. The van der Waals surface area contributed by atoms with Crippen LogP contribution in [0.1, 0.15) is 111 Å². The second-order valence-electron chi connectivity index (χ2n) is 23.4. The number of anilines is 3. The Morgan fingerprint density at radius 3 is 2.10 bits per heavy atom. The Morgan fingerprint density at radius 1 is 0.747 bits per heavy atom. The summed E-state index contributed by atoms with van der Waals surface area (Å²) in [7, 11) is 0. The molecule has 0 aliphatic carbocycles. The Labute approximate surface area is 515 Å². The third-order valence-corrected chi connectivity index (χ3v) is 16.5. The van der Waals surface area contributed by atoms with Crippen LogP contribution in [0, 0.1) is 19.3 Å². The molecule has 0 saturated carbocycles. The quantitative estimate of drug-likeness (QED) is 0.0255. The number of likely N-dealkylation sites (tertiary alicyclic amines) is 1. The van der Waals surface area contributed by atoms with Gasteiger partial charge in [0.15, 0.2) is 0 Å². The number of carbonyl (C=O) groups is 5. The van der Waals surface area contributed by atoms with E-state index >= 15 is 0 Å². The van der Waals surface area contributed by atoms with E-state index in [0.29, 0.717) is 82.8 Å². The molecule has 0 spiro atoms. The first-order chi connectivity index (χ1) is 42.1. The van der Waals surface area contributed by atoms with Crippen LogP contribution < -0.4 is 21.3 Å². The number of benzene rings is 3. The van der Waals surface area contributed by atoms with Gasteiger partial charge >= 0.3 is 0 Å². The number of β-amino-alcohol motifs (C(OH)–C–C–N with tert-alkyl or cyclic N) is 1. The number of ether oxygens (including phenoxy) is 3. The lowest BCUT2D eigenvalue weighted by Crippen LogP contribution is -2.57. The van der Waals surface area contributed by atoms with Crippen molar-refractivity contribution in [2.45, 2.75) is 124 Å². The normalized spacial score (nSPS) is 15.7. The molecule has 6 aromatic rings. The highest BCUT2D eigenvalue weighted by atomic mass is 32.1. The Balaban J connectivity index is 0.604. The summed E-state index contributed by atoms with van der Waals surface area (Å²) in [6, 6.07) is 25.2. The molecule has 1 unspecified atom stereocenters. The number of nitrogens with zero attached hydrogens (tertiary/aromatic N) is 7. The molecule has 2 fully saturated rings. The summed E-state index contributed by atoms with van der Waals surface area (Å²) in [4.78, 5) is 91.3. The van der Waals surface area contributed by atoms with E-state index in [1.165, 1.54) is 4.90 Å². The standard InChI is InChI=1S/C66H85N11O9S/c1-46-16-25-53(39-56(46)73-65-68-28-26-55(72-65)52-13-12-27-67-42-52)71-62(81)51-23-19-49(20-24-51)43-75-29-31-76(32-30-75)59(80)15-9-7-11-34-85-36-38-86-37-35-84-33-10-6-8-14-58(79)74-61(66(3,4)5)64(83)77-44-54(78)40-57(77)63(82)69-41-48-17-21-50(22-18-48)60-47(2)70-45-87-60/h12-13,16-28,39,42,45,54,57,61,78H,6-11,14-15,29-38,40-41,43-44H2,1-5H3,(H,69,82)(H,71,81)(H,74,79)(H,68,72,73)/t54-,57+,61?/m1/s1. The Bertz CT molecular complexity index is 3170. The van der Waals surface area contributed by atoms with Crippen molar-refractivity contribution in [3.63, 3.8) is 0 Å². The number of rotatable bonds is 31. The van der Waals surface area contributed by atoms with Gasteiger partial charge in [-0.1, -0.05) is 76.1 Å². The van der Waals surface area contributed by atoms with Crippen molar-refractivity contribution in [1.29, 1.82) is 0 Å². The summed E-state index contributed by atoms with van der Waals surface area (Å²) in [5.74, 6) is -0.533. The minimum absolute atomic E-state index is 0.0176. The van der Waals surface area contributed by atoms with E-state index in [-0.39, 0.29) is 55.5 Å². The van der Waals surface area contributed by atoms with Gasteiger partial charge in [-0.3, -0.25) is 33.9 Å². The molecule has 3 atom stereocenters. The molecule has 8 rings (SSSR count). The van der Waals surface area contributed by atoms with Gasteiger partial charge in [0.1, 0.15) is 12.1 Å². The maximum absolute atomic E-state index is 14.0. The van der Waals surface area contributed by atoms with Crippen LogP contribution in [-0.4, -0.2) is 160 Å². The molecular formula is C66H85N11O9S. The van der Waals surface area contributed by atoms with Gasteiger partial charge in [0, 0.05) is 119 Å². The fourth-order valence-electron chi connectivity index (χ4n) is 10.5. The number of aromatic nitrogens is 4. The Kier molecular flexibility index (Phi) is 24.8. The van der Waals surface area contributed by atoms with Crippen molar-refractivity contribution in [2.75, 3.05) is 83.0 Å². The van der Waals surface area contributed by atoms with E-state index in [9.17, 15) is 29.1 Å². The largest absolute Gasteiger partial charge is 0.391 e. The van der Waals surface area contributed by atoms with Crippen LogP contribution in [0.15, 0.2) is 109 Å². The molecule has 5 N–H and O–H groups in total. The van der Waals surface area contributed by atoms with Crippen molar-refractivity contribution in [3.8, 4) is 21.7 Å². The van der Waals surface area contributed by atoms with Gasteiger partial charge in [0.2, 0.25) is 29.6 Å².